The zero-order valence-electron chi connectivity index (χ0n) is 34.9. The number of hydrogen-bond acceptors (Lipinski definition) is 11. The zero-order valence-corrected chi connectivity index (χ0v) is 36.5. The number of piperazine rings is 1. The van der Waals surface area contributed by atoms with Crippen molar-refractivity contribution in [2.75, 3.05) is 62.7 Å². The second-order valence-corrected chi connectivity index (χ2v) is 19.3. The van der Waals surface area contributed by atoms with Gasteiger partial charge in [-0.05, 0) is 84.3 Å². The lowest BCUT2D eigenvalue weighted by atomic mass is 9.72. The first-order chi connectivity index (χ1) is 30.1. The summed E-state index contributed by atoms with van der Waals surface area (Å²) in [5.74, 6) is -1.50. The van der Waals surface area contributed by atoms with Gasteiger partial charge in [-0.1, -0.05) is 43.2 Å². The molecule has 18 heteroatoms. The van der Waals surface area contributed by atoms with Gasteiger partial charge in [-0.25, -0.2) is 21.9 Å². The Balaban J connectivity index is 1.02. The molecule has 0 spiro atoms. The highest BCUT2D eigenvalue weighted by molar-refractivity contribution is 7.90. The molecule has 14 nitrogen and oxygen atoms in total. The molecule has 1 aliphatic carbocycles. The number of anilines is 2. The second kappa shape index (κ2) is 17.9. The third-order valence-corrected chi connectivity index (χ3v) is 13.8. The number of nitrogens with zero attached hydrogens (tertiary/aromatic N) is 4. The van der Waals surface area contributed by atoms with Crippen molar-refractivity contribution >= 4 is 61.1 Å². The molecule has 0 atom stereocenters. The van der Waals surface area contributed by atoms with E-state index in [-0.39, 0.29) is 66.3 Å². The van der Waals surface area contributed by atoms with Gasteiger partial charge in [0.25, 0.3) is 21.6 Å². The van der Waals surface area contributed by atoms with E-state index >= 15 is 4.39 Å². The number of allylic oxidation sites excluding steroid dienone is 1. The van der Waals surface area contributed by atoms with Gasteiger partial charge in [-0.2, -0.15) is 5.10 Å². The fraction of sp³-hybridized carbons (Fsp3) is 0.378. The summed E-state index contributed by atoms with van der Waals surface area (Å²) in [6.07, 6.45) is 4.68. The average Bonchev–Trinajstić information content (AvgIpc) is 3.77. The molecule has 2 fully saturated rings. The van der Waals surface area contributed by atoms with E-state index in [1.807, 2.05) is 16.9 Å². The molecule has 3 N–H and O–H groups in total. The fourth-order valence-corrected chi connectivity index (χ4v) is 9.56. The van der Waals surface area contributed by atoms with E-state index in [0.717, 1.165) is 51.0 Å². The Morgan fingerprint density at radius 2 is 1.75 bits per heavy atom. The first-order valence-corrected chi connectivity index (χ1v) is 22.7. The number of ether oxygens (including phenoxy) is 2. The molecule has 3 heterocycles. The van der Waals surface area contributed by atoms with Crippen LogP contribution in [0.2, 0.25) is 5.02 Å². The average molecular weight is 904 g/mol. The van der Waals surface area contributed by atoms with Gasteiger partial charge in [-0.3, -0.25) is 24.9 Å². The van der Waals surface area contributed by atoms with Crippen LogP contribution in [0.25, 0.3) is 16.5 Å². The van der Waals surface area contributed by atoms with Crippen LogP contribution in [-0.4, -0.2) is 92.5 Å². The second-order valence-electron chi connectivity index (χ2n) is 17.2. The molecule has 3 aliphatic rings. The number of aromatic nitrogens is 2. The number of halogens is 3. The van der Waals surface area contributed by atoms with Gasteiger partial charge in [0.05, 0.1) is 27.0 Å². The Hall–Kier alpha value is -5.62. The summed E-state index contributed by atoms with van der Waals surface area (Å²) in [6, 6.07) is 18.5. The van der Waals surface area contributed by atoms with Gasteiger partial charge in [0.15, 0.2) is 0 Å². The number of nitro benzene ring substituents is 1. The molecule has 1 aromatic heterocycles. The zero-order chi connectivity index (χ0) is 44.5. The Morgan fingerprint density at radius 3 is 2.48 bits per heavy atom. The van der Waals surface area contributed by atoms with E-state index in [1.54, 1.807) is 12.1 Å². The lowest BCUT2D eigenvalue weighted by Crippen LogP contribution is -2.47. The number of nitro groups is 1. The normalized spacial score (nSPS) is 18.0. The van der Waals surface area contributed by atoms with Crippen molar-refractivity contribution in [3.8, 4) is 11.5 Å². The van der Waals surface area contributed by atoms with Gasteiger partial charge in [0, 0.05) is 88.2 Å². The lowest BCUT2D eigenvalue weighted by molar-refractivity contribution is -0.384. The molecule has 1 amide bonds. The van der Waals surface area contributed by atoms with E-state index in [4.69, 9.17) is 21.1 Å². The minimum Gasteiger partial charge on any atom is -0.456 e. The highest BCUT2D eigenvalue weighted by Crippen LogP contribution is 2.44. The predicted octanol–water partition coefficient (Wildman–Crippen LogP) is 8.89. The van der Waals surface area contributed by atoms with E-state index in [9.17, 15) is 27.7 Å². The molecular formula is C45H48ClF2N7O7S. The van der Waals surface area contributed by atoms with Gasteiger partial charge < -0.3 is 19.7 Å². The van der Waals surface area contributed by atoms with Crippen molar-refractivity contribution in [3.63, 3.8) is 0 Å². The van der Waals surface area contributed by atoms with Crippen LogP contribution >= 0.6 is 11.6 Å². The number of carbonyl (C=O) groups is 1. The van der Waals surface area contributed by atoms with Gasteiger partial charge in [0.2, 0.25) is 0 Å². The Labute approximate surface area is 368 Å². The molecule has 332 valence electrons. The van der Waals surface area contributed by atoms with Crippen LogP contribution in [0.15, 0.2) is 89.5 Å². The summed E-state index contributed by atoms with van der Waals surface area (Å²) in [5, 5.41) is 22.3. The van der Waals surface area contributed by atoms with Gasteiger partial charge in [-0.15, -0.1) is 0 Å². The molecule has 0 bridgehead atoms. The summed E-state index contributed by atoms with van der Waals surface area (Å²) >= 11 is 6.23. The number of nitrogens with one attached hydrogen (secondary N) is 3. The highest BCUT2D eigenvalue weighted by atomic mass is 35.5. The number of H-pyrrole nitrogens is 1. The van der Waals surface area contributed by atoms with Crippen molar-refractivity contribution < 1.29 is 36.4 Å². The predicted molar refractivity (Wildman–Crippen MR) is 237 cm³/mol. The van der Waals surface area contributed by atoms with Crippen LogP contribution in [0.3, 0.4) is 0 Å². The monoisotopic (exact) mass is 903 g/mol. The number of sulfonamides is 1. The molecule has 0 saturated carbocycles. The van der Waals surface area contributed by atoms with E-state index in [2.05, 4.69) is 51.3 Å². The third kappa shape index (κ3) is 9.96. The maximum atomic E-state index is 15.2. The van der Waals surface area contributed by atoms with Crippen LogP contribution in [-0.2, 0) is 14.8 Å². The Kier molecular flexibility index (Phi) is 12.5. The molecule has 2 aliphatic heterocycles. The lowest BCUT2D eigenvalue weighted by Gasteiger charge is -2.39. The van der Waals surface area contributed by atoms with Gasteiger partial charge in [0.1, 0.15) is 34.2 Å². The molecule has 2 saturated heterocycles. The molecule has 0 unspecified atom stereocenters. The summed E-state index contributed by atoms with van der Waals surface area (Å²) in [5.41, 5.74) is 2.48. The van der Waals surface area contributed by atoms with Crippen molar-refractivity contribution in [1.82, 2.24) is 19.8 Å². The van der Waals surface area contributed by atoms with Crippen molar-refractivity contribution in [2.45, 2.75) is 56.5 Å². The topological polar surface area (TPSA) is 172 Å². The summed E-state index contributed by atoms with van der Waals surface area (Å²) in [4.78, 5) is 29.3. The first-order valence-electron chi connectivity index (χ1n) is 20.8. The number of aromatic amines is 1. The maximum absolute atomic E-state index is 15.2. The van der Waals surface area contributed by atoms with Crippen molar-refractivity contribution in [1.29, 1.82) is 0 Å². The molecular weight excluding hydrogens is 856 g/mol. The van der Waals surface area contributed by atoms with E-state index in [0.29, 0.717) is 29.2 Å². The fourth-order valence-electron chi connectivity index (χ4n) is 8.44. The minimum absolute atomic E-state index is 0.0156. The largest absolute Gasteiger partial charge is 0.456 e. The molecule has 63 heavy (non-hydrogen) atoms. The van der Waals surface area contributed by atoms with Crippen molar-refractivity contribution in [2.24, 2.45) is 5.41 Å². The third-order valence-electron chi connectivity index (χ3n) is 12.2. The standard InChI is InChI=1S/C45H48ClF2N7O7S/c1-44(2)14-13-30(35(25-44)29-3-5-31(46)6-4-29)27-53-17-19-54(20-18-53)32-7-9-34(41(23-32)62-40-12-10-37(47)42-36(40)26-50-51-42)43(56)52-63(59,60)33-8-11-38(39(24-33)55(57)58)49-28-45(48)15-21-61-22-16-45/h3-12,23-24,26,49H,13-22,25,27-28H2,1-2H3,(H,50,51)(H,52,56). The molecule has 4 aromatic carbocycles. The molecule has 8 rings (SSSR count). The molecule has 5 aromatic rings. The number of rotatable bonds is 13. The van der Waals surface area contributed by atoms with Crippen LogP contribution < -0.4 is 19.7 Å². The summed E-state index contributed by atoms with van der Waals surface area (Å²) in [6.45, 7) is 8.47. The number of carbonyl (C=O) groups excluding carboxylic acids is 1. The smallest absolute Gasteiger partial charge is 0.293 e. The number of hydrogen-bond donors (Lipinski definition) is 3. The minimum atomic E-state index is -4.70. The SMILES string of the molecule is CC1(C)CCC(CN2CCN(c3ccc(C(=O)NS(=O)(=O)c4ccc(NCC5(F)CCOCC5)c([N+](=O)[O-])c4)c(Oc4ccc(F)c5[nH]ncc45)c3)CC2)=C(c2ccc(Cl)cc2)C1. The highest BCUT2D eigenvalue weighted by Gasteiger charge is 2.34. The van der Waals surface area contributed by atoms with Crippen LogP contribution in [0.4, 0.5) is 25.8 Å². The Bertz CT molecular complexity index is 2680. The van der Waals surface area contributed by atoms with Gasteiger partial charge >= 0.3 is 0 Å². The number of amides is 1. The van der Waals surface area contributed by atoms with Crippen molar-refractivity contribution in [3.05, 3.63) is 117 Å². The number of benzene rings is 4. The number of alkyl halides is 1. The summed E-state index contributed by atoms with van der Waals surface area (Å²) in [7, 11) is -4.70. The Morgan fingerprint density at radius 1 is 1.00 bits per heavy atom. The van der Waals surface area contributed by atoms with E-state index < -0.39 is 42.9 Å². The molecule has 0 radical (unpaired) electrons. The summed E-state index contributed by atoms with van der Waals surface area (Å²) < 4.78 is 70.8. The first kappa shape index (κ1) is 44.0. The quantitative estimate of drug-likeness (QED) is 0.0761. The van der Waals surface area contributed by atoms with E-state index in [1.165, 1.54) is 47.2 Å². The van der Waals surface area contributed by atoms with Crippen LogP contribution in [0, 0.1) is 21.3 Å². The maximum Gasteiger partial charge on any atom is 0.293 e. The number of fused-ring (bicyclic) bond motifs is 1. The van der Waals surface area contributed by atoms with Crippen LogP contribution in [0.5, 0.6) is 11.5 Å². The van der Waals surface area contributed by atoms with Crippen LogP contribution in [0.1, 0.15) is 61.9 Å².